The van der Waals surface area contributed by atoms with Gasteiger partial charge in [-0.2, -0.15) is 0 Å². The van der Waals surface area contributed by atoms with E-state index in [-0.39, 0.29) is 9.79 Å². The highest BCUT2D eigenvalue weighted by Crippen LogP contribution is 2.18. The van der Waals surface area contributed by atoms with Crippen molar-refractivity contribution in [3.8, 4) is 0 Å². The molecule has 0 heterocycles. The third kappa shape index (κ3) is 5.97. The molecule has 152 valence electrons. The Labute approximate surface area is 170 Å². The summed E-state index contributed by atoms with van der Waals surface area (Å²) < 4.78 is 48.0. The van der Waals surface area contributed by atoms with Gasteiger partial charge in [-0.25, -0.2) is 26.3 Å². The molecule has 2 aromatic rings. The highest BCUT2D eigenvalue weighted by Gasteiger charge is 2.17. The Hall–Kier alpha value is -2.05. The second kappa shape index (κ2) is 8.97. The van der Waals surface area contributed by atoms with E-state index in [1.165, 1.54) is 38.4 Å². The van der Waals surface area contributed by atoms with Gasteiger partial charge < -0.3 is 10.6 Å². The van der Waals surface area contributed by atoms with Crippen LogP contribution >= 0.6 is 12.2 Å². The van der Waals surface area contributed by atoms with Crippen LogP contribution in [0.15, 0.2) is 58.3 Å². The minimum absolute atomic E-state index is 0.0638. The number of thiocarbonyl (C=S) groups is 1. The normalized spacial score (nSPS) is 12.0. The Kier molecular flexibility index (Phi) is 7.12. The number of anilines is 1. The minimum Gasteiger partial charge on any atom is -0.362 e. The van der Waals surface area contributed by atoms with Gasteiger partial charge in [0.15, 0.2) is 5.11 Å². The standard InChI is InChI=1S/C17H22N4O4S3/c1-21(2)28(24,25)16-5-3-4-14(12-16)20-17(26)19-11-10-13-6-8-15(9-7-13)27(18,22)23/h3-9,12H,10-11H2,1-2H3,(H2,18,22,23)(H2,19,20,26). The average molecular weight is 443 g/mol. The van der Waals surface area contributed by atoms with Gasteiger partial charge in [0.1, 0.15) is 0 Å². The van der Waals surface area contributed by atoms with Crippen molar-refractivity contribution in [3.63, 3.8) is 0 Å². The summed E-state index contributed by atoms with van der Waals surface area (Å²) in [7, 11) is -4.29. The van der Waals surface area contributed by atoms with E-state index in [2.05, 4.69) is 10.6 Å². The molecule has 0 aliphatic carbocycles. The van der Waals surface area contributed by atoms with Crippen LogP contribution in [-0.2, 0) is 26.5 Å². The molecule has 2 aromatic carbocycles. The first-order valence-electron chi connectivity index (χ1n) is 8.19. The zero-order valence-electron chi connectivity index (χ0n) is 15.4. The Morgan fingerprint density at radius 3 is 2.25 bits per heavy atom. The van der Waals surface area contributed by atoms with Crippen LogP contribution in [0.4, 0.5) is 5.69 Å². The first kappa shape index (κ1) is 22.2. The molecule has 0 saturated carbocycles. The largest absolute Gasteiger partial charge is 0.362 e. The van der Waals surface area contributed by atoms with Crippen molar-refractivity contribution < 1.29 is 16.8 Å². The van der Waals surface area contributed by atoms with Gasteiger partial charge in [-0.05, 0) is 54.5 Å². The molecule has 0 radical (unpaired) electrons. The van der Waals surface area contributed by atoms with Crippen molar-refractivity contribution in [1.82, 2.24) is 9.62 Å². The minimum atomic E-state index is -3.70. The summed E-state index contributed by atoms with van der Waals surface area (Å²) in [4.78, 5) is 0.231. The van der Waals surface area contributed by atoms with Crippen LogP contribution in [0.1, 0.15) is 5.56 Å². The summed E-state index contributed by atoms with van der Waals surface area (Å²) in [5.74, 6) is 0. The quantitative estimate of drug-likeness (QED) is 0.549. The van der Waals surface area contributed by atoms with Crippen LogP contribution in [0.3, 0.4) is 0 Å². The fraction of sp³-hybridized carbons (Fsp3) is 0.235. The smallest absolute Gasteiger partial charge is 0.242 e. The lowest BCUT2D eigenvalue weighted by Crippen LogP contribution is -2.30. The average Bonchev–Trinajstić information content (AvgIpc) is 2.61. The summed E-state index contributed by atoms with van der Waals surface area (Å²) >= 11 is 5.23. The maximum atomic E-state index is 12.2. The van der Waals surface area contributed by atoms with E-state index in [9.17, 15) is 16.8 Å². The molecule has 0 atom stereocenters. The molecule has 0 aromatic heterocycles. The lowest BCUT2D eigenvalue weighted by Gasteiger charge is -2.14. The van der Waals surface area contributed by atoms with E-state index in [0.29, 0.717) is 23.8 Å². The van der Waals surface area contributed by atoms with Crippen LogP contribution in [0.5, 0.6) is 0 Å². The number of sulfonamides is 2. The maximum absolute atomic E-state index is 12.2. The summed E-state index contributed by atoms with van der Waals surface area (Å²) in [5, 5.41) is 11.4. The zero-order valence-corrected chi connectivity index (χ0v) is 17.9. The molecule has 0 amide bonds. The molecular formula is C17H22N4O4S3. The van der Waals surface area contributed by atoms with E-state index < -0.39 is 20.0 Å². The molecule has 0 spiro atoms. The molecule has 28 heavy (non-hydrogen) atoms. The van der Waals surface area contributed by atoms with Crippen LogP contribution in [0.2, 0.25) is 0 Å². The Balaban J connectivity index is 1.91. The number of nitrogens with two attached hydrogens (primary N) is 1. The summed E-state index contributed by atoms with van der Waals surface area (Å²) in [5.41, 5.74) is 1.47. The number of rotatable bonds is 7. The first-order valence-corrected chi connectivity index (χ1v) is 11.6. The second-order valence-electron chi connectivity index (χ2n) is 6.14. The van der Waals surface area contributed by atoms with Crippen LogP contribution in [0, 0.1) is 0 Å². The summed E-state index contributed by atoms with van der Waals surface area (Å²) in [6, 6.07) is 12.7. The molecule has 0 aliphatic heterocycles. The van der Waals surface area contributed by atoms with Crippen molar-refractivity contribution in [1.29, 1.82) is 0 Å². The van der Waals surface area contributed by atoms with E-state index in [1.807, 2.05) is 0 Å². The van der Waals surface area contributed by atoms with Gasteiger partial charge in [-0.3, -0.25) is 0 Å². The molecule has 0 saturated heterocycles. The molecule has 2 rings (SSSR count). The van der Waals surface area contributed by atoms with E-state index in [4.69, 9.17) is 17.4 Å². The predicted molar refractivity (Wildman–Crippen MR) is 113 cm³/mol. The Morgan fingerprint density at radius 2 is 1.68 bits per heavy atom. The molecule has 0 unspecified atom stereocenters. The fourth-order valence-corrected chi connectivity index (χ4v) is 3.97. The van der Waals surface area contributed by atoms with Gasteiger partial charge in [0.25, 0.3) is 0 Å². The van der Waals surface area contributed by atoms with E-state index >= 15 is 0 Å². The molecule has 0 aliphatic rings. The SMILES string of the molecule is CN(C)S(=O)(=O)c1cccc(NC(=S)NCCc2ccc(S(N)(=O)=O)cc2)c1. The second-order valence-corrected chi connectivity index (χ2v) is 10.3. The lowest BCUT2D eigenvalue weighted by molar-refractivity contribution is 0.521. The van der Waals surface area contributed by atoms with Gasteiger partial charge in [-0.1, -0.05) is 18.2 Å². The van der Waals surface area contributed by atoms with Crippen molar-refractivity contribution in [2.75, 3.05) is 26.0 Å². The third-order valence-electron chi connectivity index (χ3n) is 3.82. The van der Waals surface area contributed by atoms with Crippen molar-refractivity contribution in [2.45, 2.75) is 16.2 Å². The van der Waals surface area contributed by atoms with Gasteiger partial charge in [0.05, 0.1) is 9.79 Å². The van der Waals surface area contributed by atoms with Crippen LogP contribution < -0.4 is 15.8 Å². The Bertz CT molecular complexity index is 1050. The summed E-state index contributed by atoms with van der Waals surface area (Å²) in [6.07, 6.45) is 0.613. The highest BCUT2D eigenvalue weighted by molar-refractivity contribution is 7.89. The lowest BCUT2D eigenvalue weighted by atomic mass is 10.1. The number of hydrogen-bond acceptors (Lipinski definition) is 5. The van der Waals surface area contributed by atoms with E-state index in [0.717, 1.165) is 9.87 Å². The number of hydrogen-bond donors (Lipinski definition) is 3. The zero-order chi connectivity index (χ0) is 20.9. The highest BCUT2D eigenvalue weighted by atomic mass is 32.2. The maximum Gasteiger partial charge on any atom is 0.242 e. The molecule has 4 N–H and O–H groups in total. The molecule has 0 bridgehead atoms. The van der Waals surface area contributed by atoms with Crippen molar-refractivity contribution >= 4 is 43.1 Å². The number of nitrogens with zero attached hydrogens (tertiary/aromatic N) is 1. The van der Waals surface area contributed by atoms with Crippen molar-refractivity contribution in [3.05, 3.63) is 54.1 Å². The number of nitrogens with one attached hydrogen (secondary N) is 2. The molecule has 11 heteroatoms. The number of benzene rings is 2. The van der Waals surface area contributed by atoms with Gasteiger partial charge in [0, 0.05) is 26.3 Å². The third-order valence-corrected chi connectivity index (χ3v) is 6.81. The molecule has 8 nitrogen and oxygen atoms in total. The van der Waals surface area contributed by atoms with Gasteiger partial charge in [-0.15, -0.1) is 0 Å². The summed E-state index contributed by atoms with van der Waals surface area (Å²) in [6.45, 7) is 0.510. The fourth-order valence-electron chi connectivity index (χ4n) is 2.29. The van der Waals surface area contributed by atoms with E-state index in [1.54, 1.807) is 24.3 Å². The van der Waals surface area contributed by atoms with Gasteiger partial charge in [0.2, 0.25) is 20.0 Å². The Morgan fingerprint density at radius 1 is 1.04 bits per heavy atom. The monoisotopic (exact) mass is 442 g/mol. The van der Waals surface area contributed by atoms with Crippen molar-refractivity contribution in [2.24, 2.45) is 5.14 Å². The first-order chi connectivity index (χ1) is 13.0. The number of primary sulfonamides is 1. The van der Waals surface area contributed by atoms with Gasteiger partial charge >= 0.3 is 0 Å². The van der Waals surface area contributed by atoms with Crippen LogP contribution in [-0.4, -0.2) is 46.9 Å². The molecule has 0 fully saturated rings. The predicted octanol–water partition coefficient (Wildman–Crippen LogP) is 1.11. The molecular weight excluding hydrogens is 420 g/mol. The topological polar surface area (TPSA) is 122 Å². The van der Waals surface area contributed by atoms with Crippen LogP contribution in [0.25, 0.3) is 0 Å².